The van der Waals surface area contributed by atoms with E-state index in [1.54, 1.807) is 19.1 Å². The summed E-state index contributed by atoms with van der Waals surface area (Å²) in [6.07, 6.45) is -0.671. The van der Waals surface area contributed by atoms with Gasteiger partial charge in [0.05, 0.1) is 0 Å². The number of halogens is 1. The molecular formula is C17H18FNO2. The van der Waals surface area contributed by atoms with Crippen LogP contribution < -0.4 is 10.1 Å². The van der Waals surface area contributed by atoms with Crippen LogP contribution in [0.5, 0.6) is 5.75 Å². The molecule has 1 amide bonds. The molecular weight excluding hydrogens is 269 g/mol. The van der Waals surface area contributed by atoms with Crippen molar-refractivity contribution in [2.24, 2.45) is 0 Å². The summed E-state index contributed by atoms with van der Waals surface area (Å²) in [6.45, 7) is 5.66. The van der Waals surface area contributed by atoms with Crippen LogP contribution in [0.15, 0.2) is 42.5 Å². The van der Waals surface area contributed by atoms with Crippen LogP contribution >= 0.6 is 0 Å². The topological polar surface area (TPSA) is 38.3 Å². The molecule has 0 unspecified atom stereocenters. The SMILES string of the molecule is Cc1ccc(O[C@@H](C)C(=O)Nc2cccc(F)c2)cc1C. The first-order valence-corrected chi connectivity index (χ1v) is 6.76. The minimum Gasteiger partial charge on any atom is -0.481 e. The summed E-state index contributed by atoms with van der Waals surface area (Å²) < 4.78 is 18.7. The van der Waals surface area contributed by atoms with Crippen LogP contribution in [0.2, 0.25) is 0 Å². The number of aryl methyl sites for hydroxylation is 2. The predicted molar refractivity (Wildman–Crippen MR) is 81.0 cm³/mol. The number of hydrogen-bond acceptors (Lipinski definition) is 2. The summed E-state index contributed by atoms with van der Waals surface area (Å²) in [4.78, 5) is 12.0. The van der Waals surface area contributed by atoms with Crippen LogP contribution in [-0.2, 0) is 4.79 Å². The Morgan fingerprint density at radius 1 is 1.14 bits per heavy atom. The fraction of sp³-hybridized carbons (Fsp3) is 0.235. The first-order chi connectivity index (χ1) is 9.95. The van der Waals surface area contributed by atoms with Gasteiger partial charge in [-0.05, 0) is 62.2 Å². The van der Waals surface area contributed by atoms with Gasteiger partial charge in [0.1, 0.15) is 11.6 Å². The van der Waals surface area contributed by atoms with Crippen molar-refractivity contribution >= 4 is 11.6 Å². The fourth-order valence-electron chi connectivity index (χ4n) is 1.85. The molecule has 0 heterocycles. The molecule has 0 aromatic heterocycles. The molecule has 1 atom stereocenters. The third-order valence-electron chi connectivity index (χ3n) is 3.25. The number of anilines is 1. The van der Waals surface area contributed by atoms with Gasteiger partial charge in [0, 0.05) is 5.69 Å². The van der Waals surface area contributed by atoms with Crippen LogP contribution in [0.4, 0.5) is 10.1 Å². The van der Waals surface area contributed by atoms with E-state index < -0.39 is 11.9 Å². The zero-order chi connectivity index (χ0) is 15.4. The predicted octanol–water partition coefficient (Wildman–Crippen LogP) is 3.85. The Morgan fingerprint density at radius 3 is 2.57 bits per heavy atom. The molecule has 2 rings (SSSR count). The lowest BCUT2D eigenvalue weighted by Crippen LogP contribution is -2.30. The van der Waals surface area contributed by atoms with Gasteiger partial charge in [-0.3, -0.25) is 4.79 Å². The Hall–Kier alpha value is -2.36. The molecule has 1 N–H and O–H groups in total. The van der Waals surface area contributed by atoms with E-state index in [2.05, 4.69) is 5.32 Å². The smallest absolute Gasteiger partial charge is 0.265 e. The molecule has 0 radical (unpaired) electrons. The molecule has 0 spiro atoms. The van der Waals surface area contributed by atoms with Crippen molar-refractivity contribution in [1.82, 2.24) is 0 Å². The van der Waals surface area contributed by atoms with Crippen LogP contribution in [0, 0.1) is 19.7 Å². The average Bonchev–Trinajstić information content (AvgIpc) is 2.43. The maximum Gasteiger partial charge on any atom is 0.265 e. The molecule has 0 saturated heterocycles. The van der Waals surface area contributed by atoms with Gasteiger partial charge >= 0.3 is 0 Å². The van der Waals surface area contributed by atoms with Crippen molar-refractivity contribution < 1.29 is 13.9 Å². The molecule has 0 bridgehead atoms. The lowest BCUT2D eigenvalue weighted by Gasteiger charge is -2.15. The summed E-state index contributed by atoms with van der Waals surface area (Å²) >= 11 is 0. The van der Waals surface area contributed by atoms with Crippen LogP contribution in [0.1, 0.15) is 18.1 Å². The normalized spacial score (nSPS) is 11.8. The number of hydrogen-bond donors (Lipinski definition) is 1. The molecule has 0 aliphatic heterocycles. The van der Waals surface area contributed by atoms with Gasteiger partial charge in [-0.15, -0.1) is 0 Å². The monoisotopic (exact) mass is 287 g/mol. The van der Waals surface area contributed by atoms with Gasteiger partial charge in [0.2, 0.25) is 0 Å². The van der Waals surface area contributed by atoms with E-state index in [0.717, 1.165) is 5.56 Å². The lowest BCUT2D eigenvalue weighted by molar-refractivity contribution is -0.122. The Kier molecular flexibility index (Phi) is 4.58. The maximum absolute atomic E-state index is 13.1. The summed E-state index contributed by atoms with van der Waals surface area (Å²) in [6, 6.07) is 11.4. The standard InChI is InChI=1S/C17H18FNO2/c1-11-7-8-16(9-12(11)2)21-13(3)17(20)19-15-6-4-5-14(18)10-15/h4-10,13H,1-3H3,(H,19,20)/t13-/m0/s1. The van der Waals surface area contributed by atoms with Gasteiger partial charge in [-0.25, -0.2) is 4.39 Å². The fourth-order valence-corrected chi connectivity index (χ4v) is 1.85. The molecule has 0 saturated carbocycles. The zero-order valence-electron chi connectivity index (χ0n) is 12.3. The van der Waals surface area contributed by atoms with E-state index in [1.807, 2.05) is 32.0 Å². The zero-order valence-corrected chi connectivity index (χ0v) is 12.3. The highest BCUT2D eigenvalue weighted by Gasteiger charge is 2.15. The van der Waals surface area contributed by atoms with Crippen molar-refractivity contribution in [3.05, 3.63) is 59.4 Å². The Labute approximate surface area is 123 Å². The Morgan fingerprint density at radius 2 is 1.90 bits per heavy atom. The second-order valence-corrected chi connectivity index (χ2v) is 5.01. The van der Waals surface area contributed by atoms with E-state index in [4.69, 9.17) is 4.74 Å². The maximum atomic E-state index is 13.1. The van der Waals surface area contributed by atoms with Gasteiger partial charge in [-0.2, -0.15) is 0 Å². The highest BCUT2D eigenvalue weighted by atomic mass is 19.1. The average molecular weight is 287 g/mol. The number of rotatable bonds is 4. The molecule has 2 aromatic rings. The van der Waals surface area contributed by atoms with Crippen LogP contribution in [0.25, 0.3) is 0 Å². The van der Waals surface area contributed by atoms with E-state index in [0.29, 0.717) is 11.4 Å². The summed E-state index contributed by atoms with van der Waals surface area (Å²) in [5, 5.41) is 2.62. The molecule has 4 heteroatoms. The lowest BCUT2D eigenvalue weighted by atomic mass is 10.1. The molecule has 2 aromatic carbocycles. The Balaban J connectivity index is 2.00. The first kappa shape index (κ1) is 15.0. The molecule has 0 aliphatic carbocycles. The molecule has 0 fully saturated rings. The Bertz CT molecular complexity index is 655. The number of carbonyl (C=O) groups is 1. The number of nitrogens with one attached hydrogen (secondary N) is 1. The number of carbonyl (C=O) groups excluding carboxylic acids is 1. The largest absolute Gasteiger partial charge is 0.481 e. The highest BCUT2D eigenvalue weighted by Crippen LogP contribution is 2.18. The van der Waals surface area contributed by atoms with Crippen LogP contribution in [-0.4, -0.2) is 12.0 Å². The second kappa shape index (κ2) is 6.39. The van der Waals surface area contributed by atoms with Gasteiger partial charge < -0.3 is 10.1 Å². The summed E-state index contributed by atoms with van der Waals surface area (Å²) in [7, 11) is 0. The summed E-state index contributed by atoms with van der Waals surface area (Å²) in [5.74, 6) is -0.0747. The third kappa shape index (κ3) is 4.05. The van der Waals surface area contributed by atoms with E-state index in [1.165, 1.54) is 17.7 Å². The molecule has 0 aliphatic rings. The number of ether oxygens (including phenoxy) is 1. The van der Waals surface area contributed by atoms with E-state index in [9.17, 15) is 9.18 Å². The molecule has 110 valence electrons. The van der Waals surface area contributed by atoms with Crippen molar-refractivity contribution in [1.29, 1.82) is 0 Å². The number of amides is 1. The third-order valence-corrected chi connectivity index (χ3v) is 3.25. The highest BCUT2D eigenvalue weighted by molar-refractivity contribution is 5.94. The minimum atomic E-state index is -0.671. The van der Waals surface area contributed by atoms with Crippen LogP contribution in [0.3, 0.4) is 0 Å². The van der Waals surface area contributed by atoms with Gasteiger partial charge in [0.15, 0.2) is 6.10 Å². The van der Waals surface area contributed by atoms with Crippen molar-refractivity contribution in [2.45, 2.75) is 26.9 Å². The minimum absolute atomic E-state index is 0.321. The van der Waals surface area contributed by atoms with Gasteiger partial charge in [0.25, 0.3) is 5.91 Å². The van der Waals surface area contributed by atoms with Crippen molar-refractivity contribution in [2.75, 3.05) is 5.32 Å². The second-order valence-electron chi connectivity index (χ2n) is 5.01. The first-order valence-electron chi connectivity index (χ1n) is 6.76. The molecule has 21 heavy (non-hydrogen) atoms. The molecule has 3 nitrogen and oxygen atoms in total. The van der Waals surface area contributed by atoms with E-state index in [-0.39, 0.29) is 5.91 Å². The number of benzene rings is 2. The van der Waals surface area contributed by atoms with E-state index >= 15 is 0 Å². The summed E-state index contributed by atoms with van der Waals surface area (Å²) in [5.41, 5.74) is 2.68. The van der Waals surface area contributed by atoms with Gasteiger partial charge in [-0.1, -0.05) is 12.1 Å². The quantitative estimate of drug-likeness (QED) is 0.927. The van der Waals surface area contributed by atoms with Crippen molar-refractivity contribution in [3.63, 3.8) is 0 Å². The van der Waals surface area contributed by atoms with Crippen molar-refractivity contribution in [3.8, 4) is 5.75 Å².